The third-order valence-corrected chi connectivity index (χ3v) is 4.93. The van der Waals surface area contributed by atoms with Crippen molar-refractivity contribution in [3.63, 3.8) is 0 Å². The van der Waals surface area contributed by atoms with Crippen LogP contribution in [0.3, 0.4) is 0 Å². The molecule has 2 saturated heterocycles. The third-order valence-electron chi connectivity index (χ3n) is 3.90. The fourth-order valence-electron chi connectivity index (χ4n) is 2.92. The van der Waals surface area contributed by atoms with E-state index in [9.17, 15) is 4.79 Å². The molecule has 0 aromatic rings. The molecule has 0 atom stereocenters. The Morgan fingerprint density at radius 1 is 1.23 bits per heavy atom. The molecule has 6 heteroatoms. The molecular weight excluding hydrogens is 300 g/mol. The predicted molar refractivity (Wildman–Crippen MR) is 90.0 cm³/mol. The van der Waals surface area contributed by atoms with Gasteiger partial charge in [0.05, 0.1) is 12.2 Å². The van der Waals surface area contributed by atoms with E-state index in [2.05, 4.69) is 18.2 Å². The van der Waals surface area contributed by atoms with Gasteiger partial charge in [-0.1, -0.05) is 25.8 Å². The van der Waals surface area contributed by atoms with E-state index in [-0.39, 0.29) is 11.7 Å². The van der Waals surface area contributed by atoms with Gasteiger partial charge in [0.2, 0.25) is 0 Å². The predicted octanol–water partition coefficient (Wildman–Crippen LogP) is 3.14. The SMILES string of the molecule is CC(C)SN1CCOC2(CCN(C(=O)OC(C)(C)C)CC2)C1. The summed E-state index contributed by atoms with van der Waals surface area (Å²) in [6.07, 6.45) is 1.58. The van der Waals surface area contributed by atoms with Crippen molar-refractivity contribution in [2.24, 2.45) is 0 Å². The van der Waals surface area contributed by atoms with Crippen LogP contribution in [0.4, 0.5) is 4.79 Å². The van der Waals surface area contributed by atoms with Gasteiger partial charge in [-0.2, -0.15) is 0 Å². The summed E-state index contributed by atoms with van der Waals surface area (Å²) < 4.78 is 14.0. The van der Waals surface area contributed by atoms with Crippen LogP contribution in [0.1, 0.15) is 47.5 Å². The average Bonchev–Trinajstić information content (AvgIpc) is 2.36. The highest BCUT2D eigenvalue weighted by atomic mass is 32.2. The average molecular weight is 330 g/mol. The molecule has 128 valence electrons. The van der Waals surface area contributed by atoms with Gasteiger partial charge in [0.1, 0.15) is 5.60 Å². The number of hydrogen-bond acceptors (Lipinski definition) is 5. The van der Waals surface area contributed by atoms with Crippen LogP contribution in [-0.4, -0.2) is 64.5 Å². The Hall–Kier alpha value is -0.460. The molecule has 2 rings (SSSR count). The maximum Gasteiger partial charge on any atom is 0.410 e. The Bertz CT molecular complexity index is 387. The highest BCUT2D eigenvalue weighted by Gasteiger charge is 2.41. The minimum absolute atomic E-state index is 0.0847. The number of hydrogen-bond donors (Lipinski definition) is 0. The first-order chi connectivity index (χ1) is 10.2. The zero-order chi connectivity index (χ0) is 16.4. The largest absolute Gasteiger partial charge is 0.444 e. The smallest absolute Gasteiger partial charge is 0.410 e. The Kier molecular flexibility index (Phi) is 5.67. The van der Waals surface area contributed by atoms with Gasteiger partial charge in [-0.3, -0.25) is 0 Å². The van der Waals surface area contributed by atoms with Gasteiger partial charge in [0.25, 0.3) is 0 Å². The van der Waals surface area contributed by atoms with E-state index in [1.165, 1.54) is 0 Å². The van der Waals surface area contributed by atoms with Crippen molar-refractivity contribution < 1.29 is 14.3 Å². The van der Waals surface area contributed by atoms with E-state index in [4.69, 9.17) is 9.47 Å². The topological polar surface area (TPSA) is 42.0 Å². The normalized spacial score (nSPS) is 23.1. The van der Waals surface area contributed by atoms with E-state index in [1.807, 2.05) is 37.6 Å². The maximum absolute atomic E-state index is 12.1. The summed E-state index contributed by atoms with van der Waals surface area (Å²) in [5.41, 5.74) is -0.517. The van der Waals surface area contributed by atoms with Crippen molar-refractivity contribution in [2.75, 3.05) is 32.8 Å². The van der Waals surface area contributed by atoms with Gasteiger partial charge in [-0.15, -0.1) is 0 Å². The first kappa shape index (κ1) is 17.9. The van der Waals surface area contributed by atoms with E-state index in [1.54, 1.807) is 0 Å². The zero-order valence-corrected chi connectivity index (χ0v) is 15.4. The minimum Gasteiger partial charge on any atom is -0.444 e. The lowest BCUT2D eigenvalue weighted by atomic mass is 9.90. The van der Waals surface area contributed by atoms with Crippen LogP contribution in [0.15, 0.2) is 0 Å². The van der Waals surface area contributed by atoms with Gasteiger partial charge in [-0.05, 0) is 33.6 Å². The summed E-state index contributed by atoms with van der Waals surface area (Å²) in [6, 6.07) is 0. The number of ether oxygens (including phenoxy) is 2. The van der Waals surface area contributed by atoms with Crippen molar-refractivity contribution in [1.29, 1.82) is 0 Å². The summed E-state index contributed by atoms with van der Waals surface area (Å²) in [5.74, 6) is 0. The van der Waals surface area contributed by atoms with Gasteiger partial charge in [-0.25, -0.2) is 9.10 Å². The number of nitrogens with zero attached hydrogens (tertiary/aromatic N) is 2. The molecule has 2 aliphatic heterocycles. The van der Waals surface area contributed by atoms with Gasteiger partial charge >= 0.3 is 6.09 Å². The van der Waals surface area contributed by atoms with E-state index < -0.39 is 5.60 Å². The molecule has 2 heterocycles. The standard InChI is InChI=1S/C16H30N2O3S/c1-13(2)22-18-10-11-20-16(12-18)6-8-17(9-7-16)14(19)21-15(3,4)5/h13H,6-12H2,1-5H3. The van der Waals surface area contributed by atoms with Crippen LogP contribution in [0.5, 0.6) is 0 Å². The molecule has 1 amide bonds. The summed E-state index contributed by atoms with van der Waals surface area (Å²) >= 11 is 1.91. The second-order valence-corrected chi connectivity index (χ2v) is 9.19. The molecular formula is C16H30N2O3S. The summed E-state index contributed by atoms with van der Waals surface area (Å²) in [4.78, 5) is 14.0. The summed E-state index contributed by atoms with van der Waals surface area (Å²) in [7, 11) is 0. The fraction of sp³-hybridized carbons (Fsp3) is 0.938. The zero-order valence-electron chi connectivity index (χ0n) is 14.6. The Balaban J connectivity index is 1.86. The molecule has 0 radical (unpaired) electrons. The van der Waals surface area contributed by atoms with Crippen LogP contribution < -0.4 is 0 Å². The Labute approximate surface area is 138 Å². The quantitative estimate of drug-likeness (QED) is 0.728. The monoisotopic (exact) mass is 330 g/mol. The lowest BCUT2D eigenvalue weighted by molar-refractivity contribution is -0.117. The van der Waals surface area contributed by atoms with Crippen molar-refractivity contribution in [2.45, 2.75) is 63.9 Å². The first-order valence-electron chi connectivity index (χ1n) is 8.23. The van der Waals surface area contributed by atoms with Crippen molar-refractivity contribution in [3.8, 4) is 0 Å². The highest BCUT2D eigenvalue weighted by Crippen LogP contribution is 2.33. The van der Waals surface area contributed by atoms with Crippen LogP contribution in [0, 0.1) is 0 Å². The van der Waals surface area contributed by atoms with Crippen LogP contribution >= 0.6 is 11.9 Å². The molecule has 2 aliphatic rings. The molecule has 0 aromatic carbocycles. The number of morpholine rings is 1. The highest BCUT2D eigenvalue weighted by molar-refractivity contribution is 7.97. The molecule has 0 N–H and O–H groups in total. The van der Waals surface area contributed by atoms with Crippen LogP contribution in [-0.2, 0) is 9.47 Å². The van der Waals surface area contributed by atoms with Gasteiger partial charge in [0.15, 0.2) is 0 Å². The van der Waals surface area contributed by atoms with Gasteiger partial charge in [0, 0.05) is 31.4 Å². The number of piperidine rings is 1. The van der Waals surface area contributed by atoms with Crippen molar-refractivity contribution >= 4 is 18.0 Å². The molecule has 22 heavy (non-hydrogen) atoms. The van der Waals surface area contributed by atoms with Gasteiger partial charge < -0.3 is 14.4 Å². The number of amides is 1. The number of rotatable bonds is 2. The van der Waals surface area contributed by atoms with Crippen molar-refractivity contribution in [3.05, 3.63) is 0 Å². The minimum atomic E-state index is -0.432. The number of likely N-dealkylation sites (tertiary alicyclic amines) is 1. The molecule has 1 spiro atoms. The van der Waals surface area contributed by atoms with E-state index in [0.717, 1.165) is 45.6 Å². The molecule has 0 aliphatic carbocycles. The summed E-state index contributed by atoms with van der Waals surface area (Å²) in [5, 5.41) is 0.594. The maximum atomic E-state index is 12.1. The number of carbonyl (C=O) groups excluding carboxylic acids is 1. The fourth-order valence-corrected chi connectivity index (χ4v) is 4.01. The molecule has 5 nitrogen and oxygen atoms in total. The van der Waals surface area contributed by atoms with Crippen LogP contribution in [0.25, 0.3) is 0 Å². The number of carbonyl (C=O) groups is 1. The molecule has 0 bridgehead atoms. The molecule has 0 unspecified atom stereocenters. The molecule has 0 aromatic heterocycles. The Morgan fingerprint density at radius 2 is 1.86 bits per heavy atom. The van der Waals surface area contributed by atoms with E-state index in [0.29, 0.717) is 5.25 Å². The second-order valence-electron chi connectivity index (χ2n) is 7.52. The van der Waals surface area contributed by atoms with Crippen molar-refractivity contribution in [1.82, 2.24) is 9.21 Å². The summed E-state index contributed by atoms with van der Waals surface area (Å²) in [6.45, 7) is 14.3. The second kappa shape index (κ2) is 6.97. The third kappa shape index (κ3) is 5.03. The Morgan fingerprint density at radius 3 is 2.41 bits per heavy atom. The van der Waals surface area contributed by atoms with Crippen LogP contribution in [0.2, 0.25) is 0 Å². The lowest BCUT2D eigenvalue weighted by Gasteiger charge is -2.47. The molecule has 0 saturated carbocycles. The lowest BCUT2D eigenvalue weighted by Crippen LogP contribution is -2.56. The first-order valence-corrected chi connectivity index (χ1v) is 9.06. The molecule has 2 fully saturated rings. The van der Waals surface area contributed by atoms with E-state index >= 15 is 0 Å².